The maximum atomic E-state index is 13.0. The van der Waals surface area contributed by atoms with E-state index < -0.39 is 97.5 Å². The van der Waals surface area contributed by atoms with Crippen molar-refractivity contribution >= 4 is 39.5 Å². The minimum Gasteiger partial charge on any atom is -0.462 e. The molecule has 0 heterocycles. The predicted molar refractivity (Wildman–Crippen MR) is 335 cm³/mol. The van der Waals surface area contributed by atoms with Crippen molar-refractivity contribution in [3.63, 3.8) is 0 Å². The van der Waals surface area contributed by atoms with Gasteiger partial charge >= 0.3 is 39.5 Å². The highest BCUT2D eigenvalue weighted by atomic mass is 31.2. The topological polar surface area (TPSA) is 237 Å². The molecule has 0 fully saturated rings. The fourth-order valence-corrected chi connectivity index (χ4v) is 11.3. The van der Waals surface area contributed by atoms with Crippen molar-refractivity contribution in [2.45, 2.75) is 342 Å². The predicted octanol–water partition coefficient (Wildman–Crippen LogP) is 18.0. The van der Waals surface area contributed by atoms with E-state index in [1.165, 1.54) is 128 Å². The third kappa shape index (κ3) is 59.0. The molecule has 3 N–H and O–H groups in total. The lowest BCUT2D eigenvalue weighted by Crippen LogP contribution is -2.30. The molecule has 0 aliphatic carbocycles. The maximum absolute atomic E-state index is 13.0. The molecule has 0 saturated carbocycles. The Morgan fingerprint density at radius 3 is 0.810 bits per heavy atom. The van der Waals surface area contributed by atoms with E-state index in [2.05, 4.69) is 41.5 Å². The molecule has 84 heavy (non-hydrogen) atoms. The van der Waals surface area contributed by atoms with E-state index in [9.17, 15) is 43.2 Å². The monoisotopic (exact) mass is 1240 g/mol. The molecule has 19 heteroatoms. The summed E-state index contributed by atoms with van der Waals surface area (Å²) in [5.74, 6) is -0.584. The molecular formula is C65H126O17P2. The van der Waals surface area contributed by atoms with Crippen LogP contribution in [0.4, 0.5) is 0 Å². The standard InChI is InChI=1S/C65H126O17P2/c1-7-9-11-13-14-30-37-43-49-64(69)81-60(53-75-62(67)47-41-33-12-10-8-2)55-79-83(71,72)77-51-59(66)52-78-84(73,74)80-56-61(54-76-63(68)48-42-36-31-26-23-22-25-29-35-40-46-58(5)6)82-65(70)50-44-38-32-27-21-19-17-15-16-18-20-24-28-34-39-45-57(3)4/h57-61,66H,7-56H2,1-6H3,(H,71,72)(H,73,74)/t59-,60+,61+/m0/s1. The molecule has 0 aromatic heterocycles. The van der Waals surface area contributed by atoms with Crippen LogP contribution in [0.2, 0.25) is 0 Å². The number of ether oxygens (including phenoxy) is 4. The lowest BCUT2D eigenvalue weighted by atomic mass is 10.0. The van der Waals surface area contributed by atoms with E-state index in [4.69, 9.17) is 37.0 Å². The van der Waals surface area contributed by atoms with Crippen LogP contribution >= 0.6 is 15.6 Å². The minimum atomic E-state index is -4.94. The number of unbranched alkanes of at least 4 members (excludes halogenated alkanes) is 34. The van der Waals surface area contributed by atoms with Gasteiger partial charge in [0.05, 0.1) is 26.4 Å². The lowest BCUT2D eigenvalue weighted by Gasteiger charge is -2.21. The highest BCUT2D eigenvalue weighted by molar-refractivity contribution is 7.47. The molecule has 0 rings (SSSR count). The van der Waals surface area contributed by atoms with E-state index in [-0.39, 0.29) is 25.7 Å². The summed E-state index contributed by atoms with van der Waals surface area (Å²) in [5.41, 5.74) is 0. The van der Waals surface area contributed by atoms with Gasteiger partial charge in [0.15, 0.2) is 12.2 Å². The van der Waals surface area contributed by atoms with Crippen LogP contribution in [0.5, 0.6) is 0 Å². The Hall–Kier alpha value is -1.94. The fourth-order valence-electron chi connectivity index (χ4n) is 9.71. The quantitative estimate of drug-likeness (QED) is 0.0222. The summed E-state index contributed by atoms with van der Waals surface area (Å²) in [4.78, 5) is 71.9. The molecule has 0 radical (unpaired) electrons. The molecule has 17 nitrogen and oxygen atoms in total. The van der Waals surface area contributed by atoms with Crippen LogP contribution in [0.3, 0.4) is 0 Å². The summed E-state index contributed by atoms with van der Waals surface area (Å²) in [6, 6.07) is 0. The lowest BCUT2D eigenvalue weighted by molar-refractivity contribution is -0.161. The van der Waals surface area contributed by atoms with Gasteiger partial charge in [-0.05, 0) is 37.5 Å². The number of phosphoric acid groups is 2. The Morgan fingerprint density at radius 2 is 0.548 bits per heavy atom. The van der Waals surface area contributed by atoms with Crippen LogP contribution in [-0.2, 0) is 65.4 Å². The van der Waals surface area contributed by atoms with Gasteiger partial charge in [0, 0.05) is 25.7 Å². The van der Waals surface area contributed by atoms with E-state index in [1.54, 1.807) is 0 Å². The van der Waals surface area contributed by atoms with E-state index in [0.29, 0.717) is 25.7 Å². The van der Waals surface area contributed by atoms with Gasteiger partial charge in [0.25, 0.3) is 0 Å². The summed E-state index contributed by atoms with van der Waals surface area (Å²) < 4.78 is 67.8. The van der Waals surface area contributed by atoms with E-state index >= 15 is 0 Å². The Balaban J connectivity index is 5.14. The van der Waals surface area contributed by atoms with Crippen LogP contribution in [-0.4, -0.2) is 96.7 Å². The zero-order valence-electron chi connectivity index (χ0n) is 54.2. The van der Waals surface area contributed by atoms with Gasteiger partial charge < -0.3 is 33.8 Å². The third-order valence-electron chi connectivity index (χ3n) is 15.0. The Kier molecular flexibility index (Phi) is 56.2. The molecular weight excluding hydrogens is 1110 g/mol. The molecule has 0 aliphatic rings. The minimum absolute atomic E-state index is 0.104. The second-order valence-corrected chi connectivity index (χ2v) is 27.4. The number of carbonyl (C=O) groups is 4. The number of hydrogen-bond acceptors (Lipinski definition) is 15. The summed E-state index contributed by atoms with van der Waals surface area (Å²) in [7, 11) is -9.88. The molecule has 0 bridgehead atoms. The summed E-state index contributed by atoms with van der Waals surface area (Å²) in [5, 5.41) is 10.5. The third-order valence-corrected chi connectivity index (χ3v) is 16.9. The molecule has 0 aromatic rings. The van der Waals surface area contributed by atoms with Crippen molar-refractivity contribution in [1.82, 2.24) is 0 Å². The molecule has 5 atom stereocenters. The largest absolute Gasteiger partial charge is 0.472 e. The van der Waals surface area contributed by atoms with E-state index in [0.717, 1.165) is 115 Å². The van der Waals surface area contributed by atoms with Crippen molar-refractivity contribution < 1.29 is 80.2 Å². The van der Waals surface area contributed by atoms with Gasteiger partial charge in [-0.2, -0.15) is 0 Å². The second-order valence-electron chi connectivity index (χ2n) is 24.5. The first-order valence-electron chi connectivity index (χ1n) is 34.0. The van der Waals surface area contributed by atoms with Crippen molar-refractivity contribution in [3.8, 4) is 0 Å². The van der Waals surface area contributed by atoms with Gasteiger partial charge in [0.1, 0.15) is 19.3 Å². The van der Waals surface area contributed by atoms with Gasteiger partial charge in [-0.3, -0.25) is 37.3 Å². The maximum Gasteiger partial charge on any atom is 0.472 e. The van der Waals surface area contributed by atoms with Crippen molar-refractivity contribution in [2.24, 2.45) is 11.8 Å². The molecule has 0 saturated heterocycles. The van der Waals surface area contributed by atoms with Crippen molar-refractivity contribution in [1.29, 1.82) is 0 Å². The average Bonchev–Trinajstić information content (AvgIpc) is 3.47. The average molecular weight is 1240 g/mol. The van der Waals surface area contributed by atoms with Crippen molar-refractivity contribution in [3.05, 3.63) is 0 Å². The van der Waals surface area contributed by atoms with Gasteiger partial charge in [0.2, 0.25) is 0 Å². The van der Waals surface area contributed by atoms with E-state index in [1.807, 2.05) is 0 Å². The summed E-state index contributed by atoms with van der Waals surface area (Å²) in [6.45, 7) is 9.41. The van der Waals surface area contributed by atoms with Gasteiger partial charge in [-0.25, -0.2) is 9.13 Å². The van der Waals surface area contributed by atoms with Crippen LogP contribution in [0.1, 0.15) is 324 Å². The molecule has 2 unspecified atom stereocenters. The first kappa shape index (κ1) is 82.1. The second kappa shape index (κ2) is 57.5. The first-order chi connectivity index (χ1) is 40.4. The Labute approximate surface area is 511 Å². The fraction of sp³-hybridized carbons (Fsp3) is 0.938. The zero-order chi connectivity index (χ0) is 62.2. The summed E-state index contributed by atoms with van der Waals surface area (Å²) >= 11 is 0. The first-order valence-corrected chi connectivity index (χ1v) is 37.0. The van der Waals surface area contributed by atoms with Crippen LogP contribution in [0.15, 0.2) is 0 Å². The SMILES string of the molecule is CCCCCCCCCCC(=O)O[C@H](COC(=O)CCCCCCC)COP(=O)(O)OC[C@H](O)COP(=O)(O)OC[C@@H](COC(=O)CCCCCCCCCCCCC(C)C)OC(=O)CCCCCCCCCCCCCCCCCC(C)C. The molecule has 498 valence electrons. The highest BCUT2D eigenvalue weighted by Crippen LogP contribution is 2.45. The Morgan fingerprint density at radius 1 is 0.321 bits per heavy atom. The zero-order valence-corrected chi connectivity index (χ0v) is 56.0. The molecule has 0 aliphatic heterocycles. The van der Waals surface area contributed by atoms with Crippen LogP contribution in [0.25, 0.3) is 0 Å². The highest BCUT2D eigenvalue weighted by Gasteiger charge is 2.30. The molecule has 0 amide bonds. The van der Waals surface area contributed by atoms with Crippen LogP contribution < -0.4 is 0 Å². The van der Waals surface area contributed by atoms with Crippen LogP contribution in [0, 0.1) is 11.8 Å². The smallest absolute Gasteiger partial charge is 0.462 e. The van der Waals surface area contributed by atoms with Crippen molar-refractivity contribution in [2.75, 3.05) is 39.6 Å². The number of hydrogen-bond donors (Lipinski definition) is 3. The number of aliphatic hydroxyl groups is 1. The number of phosphoric ester groups is 2. The molecule has 0 aromatic carbocycles. The Bertz CT molecular complexity index is 1650. The van der Waals surface area contributed by atoms with Gasteiger partial charge in [-0.1, -0.05) is 273 Å². The summed E-state index contributed by atoms with van der Waals surface area (Å²) in [6.07, 6.45) is 40.8. The number of aliphatic hydroxyl groups excluding tert-OH is 1. The molecule has 0 spiro atoms. The van der Waals surface area contributed by atoms with Gasteiger partial charge in [-0.15, -0.1) is 0 Å². The number of esters is 4. The number of carbonyl (C=O) groups excluding carboxylic acids is 4. The number of rotatable bonds is 64. The normalized spacial score (nSPS) is 14.3.